The first-order valence-corrected chi connectivity index (χ1v) is 5.51. The van der Waals surface area contributed by atoms with Crippen molar-refractivity contribution in [3.63, 3.8) is 0 Å². The third-order valence-electron chi connectivity index (χ3n) is 3.14. The van der Waals surface area contributed by atoms with E-state index in [1.165, 1.54) is 12.7 Å². The molecule has 1 N–H and O–H groups in total. The minimum absolute atomic E-state index is 0.0506. The first-order chi connectivity index (χ1) is 7.20. The van der Waals surface area contributed by atoms with Crippen molar-refractivity contribution < 1.29 is 9.52 Å². The topological polar surface area (TPSA) is 49.5 Å². The highest BCUT2D eigenvalue weighted by Crippen LogP contribution is 2.27. The second-order valence-corrected chi connectivity index (χ2v) is 4.52. The van der Waals surface area contributed by atoms with Gasteiger partial charge in [0, 0.05) is 13.1 Å². The van der Waals surface area contributed by atoms with Gasteiger partial charge in [-0.2, -0.15) is 4.98 Å². The van der Waals surface area contributed by atoms with Gasteiger partial charge in [0.25, 0.3) is 6.01 Å². The zero-order valence-electron chi connectivity index (χ0n) is 9.31. The number of nitrogens with zero attached hydrogens (tertiary/aromatic N) is 2. The van der Waals surface area contributed by atoms with E-state index in [-0.39, 0.29) is 6.61 Å². The molecule has 0 aromatic carbocycles. The predicted molar refractivity (Wildman–Crippen MR) is 57.6 cm³/mol. The van der Waals surface area contributed by atoms with Crippen molar-refractivity contribution in [2.24, 2.45) is 11.8 Å². The van der Waals surface area contributed by atoms with E-state index in [9.17, 15) is 0 Å². The number of rotatable bonds is 3. The van der Waals surface area contributed by atoms with E-state index in [1.54, 1.807) is 0 Å². The highest BCUT2D eigenvalue weighted by molar-refractivity contribution is 5.28. The molecule has 1 aromatic rings. The number of hydrogen-bond acceptors (Lipinski definition) is 4. The molecule has 15 heavy (non-hydrogen) atoms. The van der Waals surface area contributed by atoms with Crippen LogP contribution in [0.3, 0.4) is 0 Å². The second-order valence-electron chi connectivity index (χ2n) is 4.52. The first kappa shape index (κ1) is 10.5. The Bertz CT molecular complexity index is 322. The molecule has 1 fully saturated rings. The van der Waals surface area contributed by atoms with Gasteiger partial charge in [0.05, 0.1) is 6.61 Å². The molecule has 0 bridgehead atoms. The summed E-state index contributed by atoms with van der Waals surface area (Å²) in [5, 5.41) is 8.89. The fraction of sp³-hybridized carbons (Fsp3) is 0.727. The standard InChI is InChI=1S/C11H18N2O2/c1-8(2)9-3-4-13(5-9)11-12-10(6-14)7-15-11/h7-9,14H,3-6H2,1-2H3. The maximum Gasteiger partial charge on any atom is 0.297 e. The zero-order valence-corrected chi connectivity index (χ0v) is 9.31. The Balaban J connectivity index is 2.01. The SMILES string of the molecule is CC(C)C1CCN(c2nc(CO)co2)C1. The van der Waals surface area contributed by atoms with Crippen LogP contribution in [0.4, 0.5) is 6.01 Å². The monoisotopic (exact) mass is 210 g/mol. The number of hydrogen-bond donors (Lipinski definition) is 1. The Hall–Kier alpha value is -1.03. The molecule has 4 heteroatoms. The largest absolute Gasteiger partial charge is 0.432 e. The summed E-state index contributed by atoms with van der Waals surface area (Å²) in [5.41, 5.74) is 0.609. The smallest absolute Gasteiger partial charge is 0.297 e. The van der Waals surface area contributed by atoms with E-state index in [0.29, 0.717) is 17.6 Å². The molecule has 0 saturated carbocycles. The fourth-order valence-corrected chi connectivity index (χ4v) is 2.02. The molecule has 0 spiro atoms. The summed E-state index contributed by atoms with van der Waals surface area (Å²) < 4.78 is 5.32. The van der Waals surface area contributed by atoms with E-state index >= 15 is 0 Å². The number of oxazole rings is 1. The molecule has 4 nitrogen and oxygen atoms in total. The van der Waals surface area contributed by atoms with E-state index in [1.807, 2.05) is 0 Å². The Morgan fingerprint density at radius 3 is 3.00 bits per heavy atom. The van der Waals surface area contributed by atoms with Crippen LogP contribution in [0.2, 0.25) is 0 Å². The van der Waals surface area contributed by atoms with Crippen LogP contribution in [-0.4, -0.2) is 23.2 Å². The molecule has 1 saturated heterocycles. The van der Waals surface area contributed by atoms with Crippen molar-refractivity contribution in [2.75, 3.05) is 18.0 Å². The lowest BCUT2D eigenvalue weighted by atomic mass is 9.95. The Morgan fingerprint density at radius 2 is 2.47 bits per heavy atom. The molecule has 2 rings (SSSR count). The first-order valence-electron chi connectivity index (χ1n) is 5.51. The summed E-state index contributed by atoms with van der Waals surface area (Å²) in [4.78, 5) is 6.37. The van der Waals surface area contributed by atoms with Crippen molar-refractivity contribution in [2.45, 2.75) is 26.9 Å². The van der Waals surface area contributed by atoms with Gasteiger partial charge in [-0.05, 0) is 18.3 Å². The maximum atomic E-state index is 8.89. The third-order valence-corrected chi connectivity index (χ3v) is 3.14. The normalized spacial score (nSPS) is 21.6. The van der Waals surface area contributed by atoms with E-state index in [2.05, 4.69) is 23.7 Å². The third kappa shape index (κ3) is 2.15. The Labute approximate surface area is 89.9 Å². The lowest BCUT2D eigenvalue weighted by molar-refractivity contribution is 0.276. The van der Waals surface area contributed by atoms with E-state index in [4.69, 9.17) is 9.52 Å². The summed E-state index contributed by atoms with van der Waals surface area (Å²) in [5.74, 6) is 1.44. The highest BCUT2D eigenvalue weighted by Gasteiger charge is 2.27. The summed E-state index contributed by atoms with van der Waals surface area (Å²) in [7, 11) is 0. The molecule has 1 aliphatic rings. The minimum atomic E-state index is -0.0506. The van der Waals surface area contributed by atoms with Gasteiger partial charge in [0.2, 0.25) is 0 Å². The molecule has 1 unspecified atom stereocenters. The van der Waals surface area contributed by atoms with Gasteiger partial charge in [0.1, 0.15) is 12.0 Å². The van der Waals surface area contributed by atoms with Gasteiger partial charge in [-0.3, -0.25) is 0 Å². The van der Waals surface area contributed by atoms with Gasteiger partial charge in [-0.1, -0.05) is 13.8 Å². The quantitative estimate of drug-likeness (QED) is 0.824. The summed E-state index contributed by atoms with van der Waals surface area (Å²) >= 11 is 0. The van der Waals surface area contributed by atoms with Crippen molar-refractivity contribution >= 4 is 6.01 Å². The molecule has 0 aliphatic carbocycles. The van der Waals surface area contributed by atoms with E-state index in [0.717, 1.165) is 19.0 Å². The van der Waals surface area contributed by atoms with Crippen LogP contribution in [0.25, 0.3) is 0 Å². The lowest BCUT2D eigenvalue weighted by Crippen LogP contribution is -2.21. The van der Waals surface area contributed by atoms with Gasteiger partial charge in [-0.25, -0.2) is 0 Å². The van der Waals surface area contributed by atoms with Gasteiger partial charge in [-0.15, -0.1) is 0 Å². The Morgan fingerprint density at radius 1 is 1.67 bits per heavy atom. The van der Waals surface area contributed by atoms with Crippen LogP contribution in [0.1, 0.15) is 26.0 Å². The number of aromatic nitrogens is 1. The summed E-state index contributed by atoms with van der Waals surface area (Å²) in [6.45, 7) is 6.48. The van der Waals surface area contributed by atoms with E-state index < -0.39 is 0 Å². The number of anilines is 1. The van der Waals surface area contributed by atoms with Crippen molar-refractivity contribution in [3.05, 3.63) is 12.0 Å². The van der Waals surface area contributed by atoms with Crippen molar-refractivity contribution in [1.82, 2.24) is 4.98 Å². The van der Waals surface area contributed by atoms with Gasteiger partial charge in [0.15, 0.2) is 0 Å². The van der Waals surface area contributed by atoms with Crippen LogP contribution in [0.15, 0.2) is 10.7 Å². The van der Waals surface area contributed by atoms with Crippen molar-refractivity contribution in [3.8, 4) is 0 Å². The molecule has 1 atom stereocenters. The lowest BCUT2D eigenvalue weighted by Gasteiger charge is -2.15. The van der Waals surface area contributed by atoms with Crippen LogP contribution >= 0.6 is 0 Å². The van der Waals surface area contributed by atoms with Crippen LogP contribution in [-0.2, 0) is 6.61 Å². The molecule has 1 aromatic heterocycles. The average Bonchev–Trinajstić information content (AvgIpc) is 2.86. The molecule has 84 valence electrons. The zero-order chi connectivity index (χ0) is 10.8. The van der Waals surface area contributed by atoms with Crippen LogP contribution in [0.5, 0.6) is 0 Å². The minimum Gasteiger partial charge on any atom is -0.432 e. The maximum absolute atomic E-state index is 8.89. The fourth-order valence-electron chi connectivity index (χ4n) is 2.02. The molecule has 1 aliphatic heterocycles. The molecule has 2 heterocycles. The Kier molecular flexibility index (Phi) is 2.95. The predicted octanol–water partition coefficient (Wildman–Crippen LogP) is 1.65. The summed E-state index contributed by atoms with van der Waals surface area (Å²) in [6.07, 6.45) is 2.73. The van der Waals surface area contributed by atoms with Crippen LogP contribution < -0.4 is 4.90 Å². The number of aliphatic hydroxyl groups excluding tert-OH is 1. The average molecular weight is 210 g/mol. The molecular formula is C11H18N2O2. The summed E-state index contributed by atoms with van der Waals surface area (Å²) in [6, 6.07) is 0.655. The molecule has 0 amide bonds. The van der Waals surface area contributed by atoms with Crippen molar-refractivity contribution in [1.29, 1.82) is 0 Å². The van der Waals surface area contributed by atoms with Gasteiger partial charge >= 0.3 is 0 Å². The van der Waals surface area contributed by atoms with Crippen LogP contribution in [0, 0.1) is 11.8 Å². The second kappa shape index (κ2) is 4.23. The molecular weight excluding hydrogens is 192 g/mol. The molecule has 0 radical (unpaired) electrons. The number of aliphatic hydroxyl groups is 1. The van der Waals surface area contributed by atoms with Gasteiger partial charge < -0.3 is 14.4 Å². The highest BCUT2D eigenvalue weighted by atomic mass is 16.4.